The SMILES string of the molecule is COc1cc(N)cc(NC(C)c2ccccc2C)c1. The van der Waals surface area contributed by atoms with Gasteiger partial charge in [0.1, 0.15) is 5.75 Å². The van der Waals surface area contributed by atoms with Crippen LogP contribution in [0.25, 0.3) is 0 Å². The van der Waals surface area contributed by atoms with Crippen molar-refractivity contribution < 1.29 is 4.74 Å². The minimum Gasteiger partial charge on any atom is -0.497 e. The molecule has 0 aliphatic heterocycles. The van der Waals surface area contributed by atoms with E-state index in [1.165, 1.54) is 11.1 Å². The first-order valence-corrected chi connectivity index (χ1v) is 6.37. The van der Waals surface area contributed by atoms with Crippen LogP contribution >= 0.6 is 0 Å². The summed E-state index contributed by atoms with van der Waals surface area (Å²) >= 11 is 0. The maximum atomic E-state index is 5.86. The average Bonchev–Trinajstić information content (AvgIpc) is 2.38. The molecule has 0 amide bonds. The predicted molar refractivity (Wildman–Crippen MR) is 80.6 cm³/mol. The van der Waals surface area contributed by atoms with Gasteiger partial charge in [0.15, 0.2) is 0 Å². The van der Waals surface area contributed by atoms with Crippen LogP contribution in [-0.2, 0) is 0 Å². The molecule has 0 saturated carbocycles. The lowest BCUT2D eigenvalue weighted by molar-refractivity contribution is 0.415. The number of benzene rings is 2. The van der Waals surface area contributed by atoms with Crippen LogP contribution in [-0.4, -0.2) is 7.11 Å². The smallest absolute Gasteiger partial charge is 0.122 e. The first-order valence-electron chi connectivity index (χ1n) is 6.37. The van der Waals surface area contributed by atoms with Crippen LogP contribution in [0.15, 0.2) is 42.5 Å². The van der Waals surface area contributed by atoms with Crippen molar-refractivity contribution in [2.45, 2.75) is 19.9 Å². The van der Waals surface area contributed by atoms with Crippen molar-refractivity contribution in [2.24, 2.45) is 0 Å². The van der Waals surface area contributed by atoms with E-state index in [0.29, 0.717) is 5.69 Å². The van der Waals surface area contributed by atoms with E-state index in [2.05, 4.69) is 43.4 Å². The van der Waals surface area contributed by atoms with Crippen LogP contribution in [0.5, 0.6) is 5.75 Å². The maximum Gasteiger partial charge on any atom is 0.122 e. The van der Waals surface area contributed by atoms with E-state index >= 15 is 0 Å². The van der Waals surface area contributed by atoms with Crippen LogP contribution in [0.4, 0.5) is 11.4 Å². The Morgan fingerprint density at radius 3 is 2.58 bits per heavy atom. The number of methoxy groups -OCH3 is 1. The molecule has 0 bridgehead atoms. The molecule has 0 aliphatic rings. The van der Waals surface area contributed by atoms with Crippen LogP contribution in [0.2, 0.25) is 0 Å². The molecule has 0 fully saturated rings. The number of ether oxygens (including phenoxy) is 1. The Balaban J connectivity index is 2.21. The Morgan fingerprint density at radius 1 is 1.16 bits per heavy atom. The third-order valence-electron chi connectivity index (χ3n) is 3.20. The van der Waals surface area contributed by atoms with Gasteiger partial charge in [0.2, 0.25) is 0 Å². The Hall–Kier alpha value is -2.16. The van der Waals surface area contributed by atoms with Crippen molar-refractivity contribution >= 4 is 11.4 Å². The second-order valence-corrected chi connectivity index (χ2v) is 4.72. The lowest BCUT2D eigenvalue weighted by atomic mass is 10.0. The van der Waals surface area contributed by atoms with Gasteiger partial charge in [-0.05, 0) is 31.0 Å². The summed E-state index contributed by atoms with van der Waals surface area (Å²) in [4.78, 5) is 0. The number of hydrogen-bond donors (Lipinski definition) is 2. The van der Waals surface area contributed by atoms with E-state index in [0.717, 1.165) is 11.4 Å². The van der Waals surface area contributed by atoms with E-state index < -0.39 is 0 Å². The summed E-state index contributed by atoms with van der Waals surface area (Å²) in [5.74, 6) is 0.763. The molecule has 2 aromatic rings. The number of hydrogen-bond acceptors (Lipinski definition) is 3. The van der Waals surface area contributed by atoms with E-state index in [4.69, 9.17) is 10.5 Å². The lowest BCUT2D eigenvalue weighted by Crippen LogP contribution is -2.08. The van der Waals surface area contributed by atoms with Gasteiger partial charge in [0, 0.05) is 29.5 Å². The molecule has 0 radical (unpaired) electrons. The van der Waals surface area contributed by atoms with Crippen molar-refractivity contribution in [1.29, 1.82) is 0 Å². The topological polar surface area (TPSA) is 47.3 Å². The van der Waals surface area contributed by atoms with Crippen LogP contribution < -0.4 is 15.8 Å². The highest BCUT2D eigenvalue weighted by molar-refractivity contribution is 5.60. The van der Waals surface area contributed by atoms with Gasteiger partial charge in [-0.3, -0.25) is 0 Å². The number of nitrogens with two attached hydrogens (primary N) is 1. The fourth-order valence-electron chi connectivity index (χ4n) is 2.22. The first kappa shape index (κ1) is 13.3. The second kappa shape index (κ2) is 5.65. The Labute approximate surface area is 114 Å². The summed E-state index contributed by atoms with van der Waals surface area (Å²) in [6, 6.07) is 14.2. The fraction of sp³-hybridized carbons (Fsp3) is 0.250. The zero-order valence-electron chi connectivity index (χ0n) is 11.6. The van der Waals surface area contributed by atoms with Gasteiger partial charge < -0.3 is 15.8 Å². The van der Waals surface area contributed by atoms with E-state index in [1.54, 1.807) is 7.11 Å². The summed E-state index contributed by atoms with van der Waals surface area (Å²) in [7, 11) is 1.64. The van der Waals surface area contributed by atoms with Gasteiger partial charge in [-0.1, -0.05) is 24.3 Å². The van der Waals surface area contributed by atoms with Crippen molar-refractivity contribution in [3.8, 4) is 5.75 Å². The maximum absolute atomic E-state index is 5.86. The van der Waals surface area contributed by atoms with E-state index in [-0.39, 0.29) is 6.04 Å². The van der Waals surface area contributed by atoms with Gasteiger partial charge in [0.05, 0.1) is 7.11 Å². The van der Waals surface area contributed by atoms with E-state index in [1.807, 2.05) is 18.2 Å². The molecule has 0 spiro atoms. The van der Waals surface area contributed by atoms with Crippen molar-refractivity contribution in [3.63, 3.8) is 0 Å². The predicted octanol–water partition coefficient (Wildman–Crippen LogP) is 3.76. The average molecular weight is 256 g/mol. The minimum atomic E-state index is 0.215. The highest BCUT2D eigenvalue weighted by Gasteiger charge is 2.08. The standard InChI is InChI=1S/C16H20N2O/c1-11-6-4-5-7-16(11)12(2)18-14-8-13(17)9-15(10-14)19-3/h4-10,12,18H,17H2,1-3H3. The highest BCUT2D eigenvalue weighted by atomic mass is 16.5. The summed E-state index contributed by atoms with van der Waals surface area (Å²) in [5.41, 5.74) is 10.1. The zero-order valence-corrected chi connectivity index (χ0v) is 11.6. The number of aryl methyl sites for hydroxylation is 1. The highest BCUT2D eigenvalue weighted by Crippen LogP contribution is 2.26. The minimum absolute atomic E-state index is 0.215. The number of nitrogen functional groups attached to an aromatic ring is 1. The summed E-state index contributed by atoms with van der Waals surface area (Å²) in [6.07, 6.45) is 0. The summed E-state index contributed by atoms with van der Waals surface area (Å²) in [6.45, 7) is 4.26. The third-order valence-corrected chi connectivity index (χ3v) is 3.20. The van der Waals surface area contributed by atoms with Crippen LogP contribution in [0.1, 0.15) is 24.1 Å². The van der Waals surface area contributed by atoms with Gasteiger partial charge >= 0.3 is 0 Å². The molecule has 3 heteroatoms. The molecule has 3 N–H and O–H groups in total. The molecule has 100 valence electrons. The molecule has 2 rings (SSSR count). The molecule has 2 aromatic carbocycles. The third kappa shape index (κ3) is 3.19. The molecule has 3 nitrogen and oxygen atoms in total. The quantitative estimate of drug-likeness (QED) is 0.819. The number of nitrogens with one attached hydrogen (secondary N) is 1. The van der Waals surface area contributed by atoms with Gasteiger partial charge in [-0.2, -0.15) is 0 Å². The molecular weight excluding hydrogens is 236 g/mol. The number of rotatable bonds is 4. The fourth-order valence-corrected chi connectivity index (χ4v) is 2.22. The number of anilines is 2. The Kier molecular flexibility index (Phi) is 3.95. The van der Waals surface area contributed by atoms with Gasteiger partial charge in [0.25, 0.3) is 0 Å². The lowest BCUT2D eigenvalue weighted by Gasteiger charge is -2.18. The molecule has 0 saturated heterocycles. The summed E-state index contributed by atoms with van der Waals surface area (Å²) in [5, 5.41) is 3.45. The molecular formula is C16H20N2O. The van der Waals surface area contributed by atoms with Crippen molar-refractivity contribution in [1.82, 2.24) is 0 Å². The van der Waals surface area contributed by atoms with Gasteiger partial charge in [-0.15, -0.1) is 0 Å². The molecule has 19 heavy (non-hydrogen) atoms. The van der Waals surface area contributed by atoms with Crippen molar-refractivity contribution in [3.05, 3.63) is 53.6 Å². The Bertz CT molecular complexity index is 566. The van der Waals surface area contributed by atoms with Crippen molar-refractivity contribution in [2.75, 3.05) is 18.2 Å². The molecule has 0 heterocycles. The summed E-state index contributed by atoms with van der Waals surface area (Å²) < 4.78 is 5.23. The largest absolute Gasteiger partial charge is 0.497 e. The normalized spacial score (nSPS) is 11.9. The second-order valence-electron chi connectivity index (χ2n) is 4.72. The molecule has 1 unspecified atom stereocenters. The molecule has 1 atom stereocenters. The van der Waals surface area contributed by atoms with Crippen LogP contribution in [0, 0.1) is 6.92 Å². The zero-order chi connectivity index (χ0) is 13.8. The monoisotopic (exact) mass is 256 g/mol. The Morgan fingerprint density at radius 2 is 1.89 bits per heavy atom. The van der Waals surface area contributed by atoms with Crippen LogP contribution in [0.3, 0.4) is 0 Å². The molecule has 0 aliphatic carbocycles. The first-order chi connectivity index (χ1) is 9.10. The van der Waals surface area contributed by atoms with E-state index in [9.17, 15) is 0 Å². The molecule has 0 aromatic heterocycles. The van der Waals surface area contributed by atoms with Gasteiger partial charge in [-0.25, -0.2) is 0 Å².